The normalized spacial score (nSPS) is 18.2. The Bertz CT molecular complexity index is 682. The van der Waals surface area contributed by atoms with Crippen LogP contribution in [0, 0.1) is 0 Å². The minimum Gasteiger partial charge on any atom is -0.351 e. The molecular formula is C13H10Cl2N4O2. The molecule has 1 aliphatic heterocycles. The number of rotatable bonds is 3. The van der Waals surface area contributed by atoms with Crippen molar-refractivity contribution >= 4 is 40.8 Å². The number of aromatic nitrogens is 2. The van der Waals surface area contributed by atoms with Gasteiger partial charge in [-0.2, -0.15) is 0 Å². The second-order valence-electron chi connectivity index (χ2n) is 4.57. The summed E-state index contributed by atoms with van der Waals surface area (Å²) in [6.07, 6.45) is 3.52. The number of imidazole rings is 1. The fraction of sp³-hybridized carbons (Fsp3) is 0.154. The highest BCUT2D eigenvalue weighted by Crippen LogP contribution is 2.28. The van der Waals surface area contributed by atoms with E-state index in [1.165, 1.54) is 24.5 Å². The van der Waals surface area contributed by atoms with Crippen LogP contribution in [0.3, 0.4) is 0 Å². The van der Waals surface area contributed by atoms with Crippen molar-refractivity contribution in [1.29, 1.82) is 0 Å². The van der Waals surface area contributed by atoms with Crippen LogP contribution in [-0.2, 0) is 11.2 Å². The summed E-state index contributed by atoms with van der Waals surface area (Å²) in [7, 11) is 0. The zero-order valence-electron chi connectivity index (χ0n) is 10.6. The van der Waals surface area contributed by atoms with Crippen molar-refractivity contribution in [2.24, 2.45) is 0 Å². The third-order valence-electron chi connectivity index (χ3n) is 3.09. The molecule has 2 aromatic rings. The van der Waals surface area contributed by atoms with Gasteiger partial charge < -0.3 is 10.3 Å². The summed E-state index contributed by atoms with van der Waals surface area (Å²) in [6.45, 7) is 0. The molecule has 1 aromatic heterocycles. The minimum absolute atomic E-state index is 0.318. The molecule has 1 fully saturated rings. The van der Waals surface area contributed by atoms with Gasteiger partial charge in [0.2, 0.25) is 0 Å². The molecule has 3 amide bonds. The number of anilines is 1. The smallest absolute Gasteiger partial charge is 0.329 e. The molecule has 0 bridgehead atoms. The Kier molecular flexibility index (Phi) is 3.57. The monoisotopic (exact) mass is 324 g/mol. The van der Waals surface area contributed by atoms with Crippen LogP contribution in [0.4, 0.5) is 10.5 Å². The van der Waals surface area contributed by atoms with Gasteiger partial charge in [-0.05, 0) is 18.2 Å². The van der Waals surface area contributed by atoms with Crippen molar-refractivity contribution in [3.05, 3.63) is 46.5 Å². The van der Waals surface area contributed by atoms with E-state index in [9.17, 15) is 9.59 Å². The third kappa shape index (κ3) is 2.72. The zero-order valence-corrected chi connectivity index (χ0v) is 12.1. The van der Waals surface area contributed by atoms with E-state index in [0.717, 1.165) is 4.90 Å². The highest BCUT2D eigenvalue weighted by Gasteiger charge is 2.39. The molecule has 1 aromatic carbocycles. The first-order chi connectivity index (χ1) is 10.0. The Balaban J connectivity index is 1.86. The van der Waals surface area contributed by atoms with Crippen molar-refractivity contribution in [1.82, 2.24) is 15.3 Å². The van der Waals surface area contributed by atoms with Crippen molar-refractivity contribution in [3.8, 4) is 0 Å². The number of hydrogen-bond acceptors (Lipinski definition) is 3. The topological polar surface area (TPSA) is 78.1 Å². The Hall–Kier alpha value is -2.05. The van der Waals surface area contributed by atoms with Crippen LogP contribution in [0.25, 0.3) is 0 Å². The Morgan fingerprint density at radius 1 is 1.19 bits per heavy atom. The van der Waals surface area contributed by atoms with Crippen LogP contribution in [0.15, 0.2) is 30.7 Å². The number of nitrogens with zero attached hydrogens (tertiary/aromatic N) is 2. The van der Waals surface area contributed by atoms with Gasteiger partial charge >= 0.3 is 6.03 Å². The lowest BCUT2D eigenvalue weighted by Gasteiger charge is -2.13. The SMILES string of the molecule is O=C1NC(Cc2c[nH]cn2)C(=O)N1c1cc(Cl)cc(Cl)c1. The molecule has 3 rings (SSSR count). The maximum atomic E-state index is 12.4. The number of halogens is 2. The highest BCUT2D eigenvalue weighted by atomic mass is 35.5. The summed E-state index contributed by atoms with van der Waals surface area (Å²) in [5, 5.41) is 3.34. The lowest BCUT2D eigenvalue weighted by Crippen LogP contribution is -2.32. The van der Waals surface area contributed by atoms with E-state index in [1.54, 1.807) is 6.20 Å². The van der Waals surface area contributed by atoms with Crippen molar-refractivity contribution < 1.29 is 9.59 Å². The van der Waals surface area contributed by atoms with Crippen LogP contribution < -0.4 is 10.2 Å². The van der Waals surface area contributed by atoms with Gasteiger partial charge in [0.05, 0.1) is 17.7 Å². The number of carbonyl (C=O) groups excluding carboxylic acids is 2. The predicted octanol–water partition coefficient (Wildman–Crippen LogP) is 2.38. The van der Waals surface area contributed by atoms with E-state index < -0.39 is 12.1 Å². The van der Waals surface area contributed by atoms with Crippen molar-refractivity contribution in [2.75, 3.05) is 4.90 Å². The summed E-state index contributed by atoms with van der Waals surface area (Å²) in [4.78, 5) is 32.3. The Morgan fingerprint density at radius 3 is 2.52 bits per heavy atom. The lowest BCUT2D eigenvalue weighted by atomic mass is 10.1. The molecule has 1 unspecified atom stereocenters. The molecular weight excluding hydrogens is 315 g/mol. The maximum absolute atomic E-state index is 12.4. The van der Waals surface area contributed by atoms with E-state index in [0.29, 0.717) is 27.8 Å². The lowest BCUT2D eigenvalue weighted by molar-refractivity contribution is -0.118. The Labute approximate surface area is 130 Å². The van der Waals surface area contributed by atoms with Gasteiger partial charge in [0.15, 0.2) is 0 Å². The third-order valence-corrected chi connectivity index (χ3v) is 3.53. The predicted molar refractivity (Wildman–Crippen MR) is 78.6 cm³/mol. The van der Waals surface area contributed by atoms with Gasteiger partial charge in [-0.3, -0.25) is 4.79 Å². The molecule has 2 heterocycles. The summed E-state index contributed by atoms with van der Waals surface area (Å²) < 4.78 is 0. The molecule has 1 atom stereocenters. The number of aromatic amines is 1. The molecule has 0 saturated carbocycles. The van der Waals surface area contributed by atoms with Crippen LogP contribution in [0.2, 0.25) is 10.0 Å². The van der Waals surface area contributed by atoms with Gasteiger partial charge in [-0.15, -0.1) is 0 Å². The maximum Gasteiger partial charge on any atom is 0.329 e. The van der Waals surface area contributed by atoms with Gasteiger partial charge in [0.1, 0.15) is 6.04 Å². The molecule has 21 heavy (non-hydrogen) atoms. The molecule has 0 radical (unpaired) electrons. The summed E-state index contributed by atoms with van der Waals surface area (Å²) >= 11 is 11.8. The number of imide groups is 1. The second-order valence-corrected chi connectivity index (χ2v) is 5.44. The number of benzene rings is 1. The molecule has 1 aliphatic rings. The van der Waals surface area contributed by atoms with Crippen LogP contribution in [0.1, 0.15) is 5.69 Å². The van der Waals surface area contributed by atoms with Crippen molar-refractivity contribution in [2.45, 2.75) is 12.5 Å². The number of carbonyl (C=O) groups is 2. The second kappa shape index (κ2) is 5.38. The first-order valence-corrected chi connectivity index (χ1v) is 6.88. The highest BCUT2D eigenvalue weighted by molar-refractivity contribution is 6.35. The average Bonchev–Trinajstić information content (AvgIpc) is 2.98. The Morgan fingerprint density at radius 2 is 1.90 bits per heavy atom. The summed E-state index contributed by atoms with van der Waals surface area (Å²) in [5.74, 6) is -0.360. The fourth-order valence-corrected chi connectivity index (χ4v) is 2.71. The van der Waals surface area contributed by atoms with Crippen LogP contribution in [-0.4, -0.2) is 27.9 Å². The first kappa shape index (κ1) is 13.9. The van der Waals surface area contributed by atoms with E-state index in [2.05, 4.69) is 15.3 Å². The van der Waals surface area contributed by atoms with Gasteiger partial charge in [-0.25, -0.2) is 14.7 Å². The van der Waals surface area contributed by atoms with Gasteiger partial charge in [0, 0.05) is 22.7 Å². The minimum atomic E-state index is -0.654. The van der Waals surface area contributed by atoms with E-state index in [1.807, 2.05) is 0 Å². The summed E-state index contributed by atoms with van der Waals surface area (Å²) in [5.41, 5.74) is 1.04. The van der Waals surface area contributed by atoms with E-state index >= 15 is 0 Å². The number of amides is 3. The molecule has 8 heteroatoms. The van der Waals surface area contributed by atoms with E-state index in [4.69, 9.17) is 23.2 Å². The molecule has 108 valence electrons. The van der Waals surface area contributed by atoms with Crippen LogP contribution in [0.5, 0.6) is 0 Å². The molecule has 0 spiro atoms. The fourth-order valence-electron chi connectivity index (χ4n) is 2.19. The van der Waals surface area contributed by atoms with Gasteiger partial charge in [-0.1, -0.05) is 23.2 Å². The quantitative estimate of drug-likeness (QED) is 0.851. The van der Waals surface area contributed by atoms with Gasteiger partial charge in [0.25, 0.3) is 5.91 Å². The molecule has 6 nitrogen and oxygen atoms in total. The standard InChI is InChI=1S/C13H10Cl2N4O2/c14-7-1-8(15)3-10(2-7)19-12(20)11(18-13(19)21)4-9-5-16-6-17-9/h1-3,5-6,11H,4H2,(H,16,17)(H,18,21). The molecule has 1 saturated heterocycles. The van der Waals surface area contributed by atoms with E-state index in [-0.39, 0.29) is 5.91 Å². The zero-order chi connectivity index (χ0) is 15.0. The average molecular weight is 325 g/mol. The number of hydrogen-bond donors (Lipinski definition) is 2. The number of urea groups is 1. The number of nitrogens with one attached hydrogen (secondary N) is 2. The summed E-state index contributed by atoms with van der Waals surface area (Å²) in [6, 6.07) is 3.41. The number of H-pyrrole nitrogens is 1. The molecule has 0 aliphatic carbocycles. The van der Waals surface area contributed by atoms with Crippen molar-refractivity contribution in [3.63, 3.8) is 0 Å². The van der Waals surface area contributed by atoms with Crippen LogP contribution >= 0.6 is 23.2 Å². The first-order valence-electron chi connectivity index (χ1n) is 6.13. The molecule has 2 N–H and O–H groups in total. The largest absolute Gasteiger partial charge is 0.351 e.